The van der Waals surface area contributed by atoms with Crippen molar-refractivity contribution in [2.24, 2.45) is 4.99 Å². The molecule has 3 N–H and O–H groups in total. The number of hydrogen-bond acceptors (Lipinski definition) is 4. The van der Waals surface area contributed by atoms with Crippen LogP contribution in [0.15, 0.2) is 53.5 Å². The molecule has 7 heteroatoms. The minimum atomic E-state index is -0.158. The Morgan fingerprint density at radius 2 is 1.89 bits per heavy atom. The maximum atomic E-state index is 12.0. The lowest BCUT2D eigenvalue weighted by Gasteiger charge is -2.11. The molecule has 2 aromatic rings. The number of nitrogens with one attached hydrogen (secondary N) is 3. The van der Waals surface area contributed by atoms with Gasteiger partial charge in [-0.2, -0.15) is 0 Å². The SMILES string of the molecule is CCNC(=NCC(=O)Nc1ccccc1)NCCc1ccc2c(c1)OCO2. The second-order valence-electron chi connectivity index (χ2n) is 5.97. The molecule has 0 unspecified atom stereocenters. The van der Waals surface area contributed by atoms with E-state index < -0.39 is 0 Å². The molecule has 0 aromatic heterocycles. The Bertz CT molecular complexity index is 793. The Morgan fingerprint density at radius 3 is 2.70 bits per heavy atom. The number of ether oxygens (including phenoxy) is 2. The molecule has 1 aliphatic heterocycles. The van der Waals surface area contributed by atoms with Crippen molar-refractivity contribution in [2.75, 3.05) is 31.7 Å². The number of rotatable bonds is 7. The van der Waals surface area contributed by atoms with Crippen molar-refractivity contribution in [3.8, 4) is 11.5 Å². The zero-order valence-electron chi connectivity index (χ0n) is 15.3. The highest BCUT2D eigenvalue weighted by atomic mass is 16.7. The summed E-state index contributed by atoms with van der Waals surface area (Å²) < 4.78 is 10.7. The van der Waals surface area contributed by atoms with Crippen molar-refractivity contribution < 1.29 is 14.3 Å². The van der Waals surface area contributed by atoms with Crippen molar-refractivity contribution >= 4 is 17.6 Å². The van der Waals surface area contributed by atoms with E-state index in [4.69, 9.17) is 9.47 Å². The third-order valence-corrected chi connectivity index (χ3v) is 3.93. The lowest BCUT2D eigenvalue weighted by molar-refractivity contribution is -0.114. The van der Waals surface area contributed by atoms with Gasteiger partial charge in [-0.25, -0.2) is 4.99 Å². The number of fused-ring (bicyclic) bond motifs is 1. The van der Waals surface area contributed by atoms with Crippen molar-refractivity contribution in [1.29, 1.82) is 0 Å². The lowest BCUT2D eigenvalue weighted by atomic mass is 10.1. The number of hydrogen-bond donors (Lipinski definition) is 3. The van der Waals surface area contributed by atoms with Crippen LogP contribution in [0.2, 0.25) is 0 Å². The quantitative estimate of drug-likeness (QED) is 0.515. The number of nitrogens with zero attached hydrogens (tertiary/aromatic N) is 1. The van der Waals surface area contributed by atoms with Gasteiger partial charge in [0.1, 0.15) is 6.54 Å². The number of carbonyl (C=O) groups is 1. The predicted molar refractivity (Wildman–Crippen MR) is 105 cm³/mol. The van der Waals surface area contributed by atoms with Gasteiger partial charge in [0.2, 0.25) is 12.7 Å². The fourth-order valence-corrected chi connectivity index (χ4v) is 2.64. The van der Waals surface area contributed by atoms with Gasteiger partial charge in [0, 0.05) is 18.8 Å². The number of carbonyl (C=O) groups excluding carboxylic acids is 1. The van der Waals surface area contributed by atoms with Crippen LogP contribution in [-0.2, 0) is 11.2 Å². The van der Waals surface area contributed by atoms with E-state index in [9.17, 15) is 4.79 Å². The molecule has 27 heavy (non-hydrogen) atoms. The first-order chi connectivity index (χ1) is 13.2. The first-order valence-corrected chi connectivity index (χ1v) is 9.00. The molecule has 142 valence electrons. The van der Waals surface area contributed by atoms with Gasteiger partial charge in [-0.3, -0.25) is 4.79 Å². The van der Waals surface area contributed by atoms with Crippen molar-refractivity contribution in [3.05, 3.63) is 54.1 Å². The van der Waals surface area contributed by atoms with Gasteiger partial charge >= 0.3 is 0 Å². The summed E-state index contributed by atoms with van der Waals surface area (Å²) in [5.74, 6) is 2.02. The molecule has 0 aliphatic carbocycles. The zero-order valence-corrected chi connectivity index (χ0v) is 15.3. The monoisotopic (exact) mass is 368 g/mol. The fraction of sp³-hybridized carbons (Fsp3) is 0.300. The number of anilines is 1. The molecule has 7 nitrogen and oxygen atoms in total. The molecule has 0 saturated heterocycles. The summed E-state index contributed by atoms with van der Waals surface area (Å²) in [6, 6.07) is 15.3. The largest absolute Gasteiger partial charge is 0.454 e. The number of guanidine groups is 1. The molecule has 1 amide bonds. The van der Waals surface area contributed by atoms with Crippen molar-refractivity contribution in [1.82, 2.24) is 10.6 Å². The van der Waals surface area contributed by atoms with Gasteiger partial charge in [-0.1, -0.05) is 24.3 Å². The van der Waals surface area contributed by atoms with E-state index in [0.717, 1.165) is 35.7 Å². The highest BCUT2D eigenvalue weighted by molar-refractivity contribution is 5.94. The van der Waals surface area contributed by atoms with Gasteiger partial charge in [0.05, 0.1) is 0 Å². The fourth-order valence-electron chi connectivity index (χ4n) is 2.64. The number of aliphatic imine (C=N–C) groups is 1. The summed E-state index contributed by atoms with van der Waals surface area (Å²) in [4.78, 5) is 16.4. The second kappa shape index (κ2) is 9.47. The Kier molecular flexibility index (Phi) is 6.51. The van der Waals surface area contributed by atoms with E-state index in [1.165, 1.54) is 0 Å². The van der Waals surface area contributed by atoms with Gasteiger partial charge in [-0.15, -0.1) is 0 Å². The van der Waals surface area contributed by atoms with Crippen LogP contribution in [0.4, 0.5) is 5.69 Å². The number of benzene rings is 2. The Hall–Kier alpha value is -3.22. The topological polar surface area (TPSA) is 84.0 Å². The predicted octanol–water partition coefficient (Wildman–Crippen LogP) is 2.15. The molecule has 0 atom stereocenters. The van der Waals surface area contributed by atoms with E-state index in [1.807, 2.05) is 55.5 Å². The van der Waals surface area contributed by atoms with Crippen LogP contribution in [0.5, 0.6) is 11.5 Å². The van der Waals surface area contributed by atoms with Crippen molar-refractivity contribution in [2.45, 2.75) is 13.3 Å². The van der Waals surface area contributed by atoms with E-state index in [-0.39, 0.29) is 19.2 Å². The Morgan fingerprint density at radius 1 is 1.07 bits per heavy atom. The molecular weight excluding hydrogens is 344 g/mol. The second-order valence-corrected chi connectivity index (χ2v) is 5.97. The zero-order chi connectivity index (χ0) is 18.9. The van der Waals surface area contributed by atoms with E-state index in [1.54, 1.807) is 0 Å². The van der Waals surface area contributed by atoms with Crippen LogP contribution < -0.4 is 25.4 Å². The third kappa shape index (κ3) is 5.64. The summed E-state index contributed by atoms with van der Waals surface area (Å²) in [5.41, 5.74) is 1.91. The average molecular weight is 368 g/mol. The minimum absolute atomic E-state index is 0.0499. The minimum Gasteiger partial charge on any atom is -0.454 e. The molecule has 1 heterocycles. The summed E-state index contributed by atoms with van der Waals surface area (Å²) in [6.07, 6.45) is 0.803. The summed E-state index contributed by atoms with van der Waals surface area (Å²) in [6.45, 7) is 3.72. The molecule has 3 rings (SSSR count). The highest BCUT2D eigenvalue weighted by Crippen LogP contribution is 2.32. The molecule has 0 bridgehead atoms. The van der Waals surface area contributed by atoms with E-state index in [0.29, 0.717) is 12.5 Å². The standard InChI is InChI=1S/C20H24N4O3/c1-2-21-20(23-13-19(25)24-16-6-4-3-5-7-16)22-11-10-15-8-9-17-18(12-15)27-14-26-17/h3-9,12H,2,10-11,13-14H2,1H3,(H,24,25)(H2,21,22,23). The van der Waals surface area contributed by atoms with Crippen LogP contribution in [0, 0.1) is 0 Å². The smallest absolute Gasteiger partial charge is 0.246 e. The normalized spacial score (nSPS) is 12.6. The Labute approximate surface area is 158 Å². The van der Waals surface area contributed by atoms with E-state index >= 15 is 0 Å². The maximum absolute atomic E-state index is 12.0. The first-order valence-electron chi connectivity index (χ1n) is 9.00. The lowest BCUT2D eigenvalue weighted by Crippen LogP contribution is -2.39. The molecule has 0 fully saturated rings. The van der Waals surface area contributed by atoms with Crippen LogP contribution in [0.1, 0.15) is 12.5 Å². The highest BCUT2D eigenvalue weighted by Gasteiger charge is 2.13. The first kappa shape index (κ1) is 18.6. The summed E-state index contributed by atoms with van der Waals surface area (Å²) in [5, 5.41) is 9.20. The van der Waals surface area contributed by atoms with Gasteiger partial charge in [0.25, 0.3) is 0 Å². The molecule has 1 aliphatic rings. The average Bonchev–Trinajstić information content (AvgIpc) is 3.15. The van der Waals surface area contributed by atoms with Gasteiger partial charge in [0.15, 0.2) is 17.5 Å². The van der Waals surface area contributed by atoms with Crippen LogP contribution in [0.3, 0.4) is 0 Å². The molecule has 0 saturated carbocycles. The van der Waals surface area contributed by atoms with Gasteiger partial charge < -0.3 is 25.4 Å². The van der Waals surface area contributed by atoms with Crippen LogP contribution in [0.25, 0.3) is 0 Å². The third-order valence-electron chi connectivity index (χ3n) is 3.93. The van der Waals surface area contributed by atoms with Crippen LogP contribution >= 0.6 is 0 Å². The summed E-state index contributed by atoms with van der Waals surface area (Å²) in [7, 11) is 0. The van der Waals surface area contributed by atoms with Gasteiger partial charge in [-0.05, 0) is 43.2 Å². The molecule has 0 radical (unpaired) electrons. The number of amides is 1. The van der Waals surface area contributed by atoms with E-state index in [2.05, 4.69) is 20.9 Å². The molecule has 2 aromatic carbocycles. The van der Waals surface area contributed by atoms with Crippen molar-refractivity contribution in [3.63, 3.8) is 0 Å². The number of para-hydroxylation sites is 1. The molecule has 0 spiro atoms. The summed E-state index contributed by atoms with van der Waals surface area (Å²) >= 11 is 0. The van der Waals surface area contributed by atoms with Crippen LogP contribution in [-0.4, -0.2) is 38.3 Å². The maximum Gasteiger partial charge on any atom is 0.246 e. The Balaban J connectivity index is 1.47. The molecular formula is C20H24N4O3.